The van der Waals surface area contributed by atoms with E-state index < -0.39 is 10.0 Å². The van der Waals surface area contributed by atoms with Crippen molar-refractivity contribution in [1.29, 1.82) is 0 Å². The summed E-state index contributed by atoms with van der Waals surface area (Å²) >= 11 is 0. The second kappa shape index (κ2) is 10.6. The molecule has 3 aromatic rings. The van der Waals surface area contributed by atoms with Crippen LogP contribution >= 0.6 is 0 Å². The van der Waals surface area contributed by atoms with E-state index in [2.05, 4.69) is 37.6 Å². The van der Waals surface area contributed by atoms with E-state index >= 15 is 0 Å². The standard InChI is InChI=1S/C22H28N6O2S/c1-3-23-22(25-16-19-10-6-7-12-21(19)27-31(2,29)30)24-15-18-9-4-5-11-20(18)17-28-14-8-13-26-28/h4-14,27H,3,15-17H2,1-2H3,(H2,23,24,25). The number of sulfonamides is 1. The molecule has 0 spiro atoms. The van der Waals surface area contributed by atoms with Crippen LogP contribution in [0.5, 0.6) is 0 Å². The molecule has 3 N–H and O–H groups in total. The third-order valence-corrected chi connectivity index (χ3v) is 5.11. The first-order chi connectivity index (χ1) is 14.9. The zero-order valence-electron chi connectivity index (χ0n) is 17.7. The molecule has 0 aliphatic carbocycles. The molecule has 31 heavy (non-hydrogen) atoms. The quantitative estimate of drug-likeness (QED) is 0.351. The number of aromatic nitrogens is 2. The number of hydrogen-bond donors (Lipinski definition) is 3. The average Bonchev–Trinajstić information content (AvgIpc) is 3.24. The SMILES string of the molecule is CCNC(=NCc1ccccc1NS(C)(=O)=O)NCc1ccccc1Cn1cccn1. The van der Waals surface area contributed by atoms with Crippen LogP contribution in [0.25, 0.3) is 0 Å². The van der Waals surface area contributed by atoms with Crippen LogP contribution in [0.15, 0.2) is 72.0 Å². The van der Waals surface area contributed by atoms with Gasteiger partial charge in [0.05, 0.1) is 25.0 Å². The first-order valence-electron chi connectivity index (χ1n) is 10.1. The van der Waals surface area contributed by atoms with Crippen molar-refractivity contribution < 1.29 is 8.42 Å². The van der Waals surface area contributed by atoms with Crippen molar-refractivity contribution in [2.75, 3.05) is 17.5 Å². The minimum atomic E-state index is -3.36. The Morgan fingerprint density at radius 2 is 1.71 bits per heavy atom. The van der Waals surface area contributed by atoms with Crippen molar-refractivity contribution in [2.24, 2.45) is 4.99 Å². The fraction of sp³-hybridized carbons (Fsp3) is 0.273. The van der Waals surface area contributed by atoms with Crippen LogP contribution in [-0.2, 0) is 29.7 Å². The maximum Gasteiger partial charge on any atom is 0.229 e. The topological polar surface area (TPSA) is 100 Å². The van der Waals surface area contributed by atoms with Gasteiger partial charge in [0.15, 0.2) is 5.96 Å². The lowest BCUT2D eigenvalue weighted by molar-refractivity contribution is 0.606. The molecular formula is C22H28N6O2S. The van der Waals surface area contributed by atoms with Gasteiger partial charge in [0.25, 0.3) is 0 Å². The Labute approximate surface area is 183 Å². The molecule has 1 aromatic heterocycles. The number of anilines is 1. The lowest BCUT2D eigenvalue weighted by atomic mass is 10.1. The van der Waals surface area contributed by atoms with Gasteiger partial charge in [-0.2, -0.15) is 5.10 Å². The summed E-state index contributed by atoms with van der Waals surface area (Å²) in [6.45, 7) is 4.35. The van der Waals surface area contributed by atoms with Gasteiger partial charge in [0, 0.05) is 25.5 Å². The highest BCUT2D eigenvalue weighted by molar-refractivity contribution is 7.92. The van der Waals surface area contributed by atoms with E-state index in [1.807, 2.05) is 48.1 Å². The summed E-state index contributed by atoms with van der Waals surface area (Å²) in [4.78, 5) is 4.64. The highest BCUT2D eigenvalue weighted by Crippen LogP contribution is 2.17. The smallest absolute Gasteiger partial charge is 0.229 e. The van der Waals surface area contributed by atoms with E-state index in [9.17, 15) is 8.42 Å². The van der Waals surface area contributed by atoms with Crippen LogP contribution in [0.3, 0.4) is 0 Å². The van der Waals surface area contributed by atoms with E-state index in [0.29, 0.717) is 37.8 Å². The monoisotopic (exact) mass is 440 g/mol. The van der Waals surface area contributed by atoms with Gasteiger partial charge in [-0.15, -0.1) is 0 Å². The molecule has 0 bridgehead atoms. The molecule has 0 fully saturated rings. The number of benzene rings is 2. The number of aliphatic imine (C=N–C) groups is 1. The van der Waals surface area contributed by atoms with Gasteiger partial charge in [-0.3, -0.25) is 9.40 Å². The van der Waals surface area contributed by atoms with Crippen LogP contribution < -0.4 is 15.4 Å². The maximum absolute atomic E-state index is 11.6. The highest BCUT2D eigenvalue weighted by Gasteiger charge is 2.08. The summed E-state index contributed by atoms with van der Waals surface area (Å²) in [7, 11) is -3.36. The Morgan fingerprint density at radius 3 is 2.39 bits per heavy atom. The molecule has 0 amide bonds. The van der Waals surface area contributed by atoms with Crippen molar-refractivity contribution in [3.05, 3.63) is 83.7 Å². The van der Waals surface area contributed by atoms with E-state index in [0.717, 1.165) is 17.4 Å². The lowest BCUT2D eigenvalue weighted by Gasteiger charge is -2.15. The highest BCUT2D eigenvalue weighted by atomic mass is 32.2. The number of para-hydroxylation sites is 1. The normalized spacial score (nSPS) is 11.9. The third kappa shape index (κ3) is 7.14. The van der Waals surface area contributed by atoms with Crippen molar-refractivity contribution in [1.82, 2.24) is 20.4 Å². The van der Waals surface area contributed by atoms with Gasteiger partial charge in [-0.05, 0) is 35.7 Å². The zero-order chi connectivity index (χ0) is 22.1. The van der Waals surface area contributed by atoms with E-state index in [1.54, 1.807) is 18.3 Å². The summed E-state index contributed by atoms with van der Waals surface area (Å²) in [5, 5.41) is 10.9. The first-order valence-corrected chi connectivity index (χ1v) is 12.0. The number of nitrogens with one attached hydrogen (secondary N) is 3. The van der Waals surface area contributed by atoms with E-state index in [1.165, 1.54) is 5.56 Å². The van der Waals surface area contributed by atoms with Crippen molar-refractivity contribution >= 4 is 21.7 Å². The molecule has 3 rings (SSSR count). The minimum Gasteiger partial charge on any atom is -0.357 e. The number of hydrogen-bond acceptors (Lipinski definition) is 4. The van der Waals surface area contributed by atoms with Crippen LogP contribution in [0.2, 0.25) is 0 Å². The van der Waals surface area contributed by atoms with Crippen LogP contribution in [0, 0.1) is 0 Å². The molecule has 0 radical (unpaired) electrons. The largest absolute Gasteiger partial charge is 0.357 e. The molecule has 0 unspecified atom stereocenters. The molecule has 0 aliphatic rings. The van der Waals surface area contributed by atoms with Crippen LogP contribution in [-0.4, -0.2) is 37.0 Å². The summed E-state index contributed by atoms with van der Waals surface area (Å²) in [6.07, 6.45) is 4.85. The average molecular weight is 441 g/mol. The van der Waals surface area contributed by atoms with Gasteiger partial charge in [0.2, 0.25) is 10.0 Å². The van der Waals surface area contributed by atoms with Crippen LogP contribution in [0.1, 0.15) is 23.6 Å². The van der Waals surface area contributed by atoms with Gasteiger partial charge < -0.3 is 10.6 Å². The molecule has 0 saturated heterocycles. The first kappa shape index (κ1) is 22.4. The van der Waals surface area contributed by atoms with Crippen molar-refractivity contribution in [3.63, 3.8) is 0 Å². The molecular weight excluding hydrogens is 412 g/mol. The fourth-order valence-corrected chi connectivity index (χ4v) is 3.69. The Morgan fingerprint density at radius 1 is 1.00 bits per heavy atom. The fourth-order valence-electron chi connectivity index (χ4n) is 3.10. The van der Waals surface area contributed by atoms with E-state index in [4.69, 9.17) is 0 Å². The molecule has 9 heteroatoms. The number of rotatable bonds is 9. The number of guanidine groups is 1. The molecule has 1 heterocycles. The molecule has 0 saturated carbocycles. The molecule has 2 aromatic carbocycles. The number of nitrogens with zero attached hydrogens (tertiary/aromatic N) is 3. The summed E-state index contributed by atoms with van der Waals surface area (Å²) < 4.78 is 27.7. The van der Waals surface area contributed by atoms with Gasteiger partial charge >= 0.3 is 0 Å². The summed E-state index contributed by atoms with van der Waals surface area (Å²) in [5.41, 5.74) is 3.67. The van der Waals surface area contributed by atoms with Crippen molar-refractivity contribution in [2.45, 2.75) is 26.6 Å². The second-order valence-corrected chi connectivity index (χ2v) is 8.80. The molecule has 0 aliphatic heterocycles. The Balaban J connectivity index is 1.71. The summed E-state index contributed by atoms with van der Waals surface area (Å²) in [5.74, 6) is 0.658. The van der Waals surface area contributed by atoms with E-state index in [-0.39, 0.29) is 0 Å². The maximum atomic E-state index is 11.6. The predicted molar refractivity (Wildman–Crippen MR) is 124 cm³/mol. The lowest BCUT2D eigenvalue weighted by Crippen LogP contribution is -2.37. The zero-order valence-corrected chi connectivity index (χ0v) is 18.6. The third-order valence-electron chi connectivity index (χ3n) is 4.52. The molecule has 8 nitrogen and oxygen atoms in total. The summed E-state index contributed by atoms with van der Waals surface area (Å²) in [6, 6.07) is 17.4. The second-order valence-electron chi connectivity index (χ2n) is 7.05. The van der Waals surface area contributed by atoms with Gasteiger partial charge in [0.1, 0.15) is 0 Å². The molecule has 0 atom stereocenters. The van der Waals surface area contributed by atoms with Crippen molar-refractivity contribution in [3.8, 4) is 0 Å². The van der Waals surface area contributed by atoms with Crippen LogP contribution in [0.4, 0.5) is 5.69 Å². The Hall–Kier alpha value is -3.33. The Kier molecular flexibility index (Phi) is 7.66. The Bertz CT molecular complexity index is 1110. The molecule has 164 valence electrons. The minimum absolute atomic E-state index is 0.336. The van der Waals surface area contributed by atoms with Gasteiger partial charge in [-0.1, -0.05) is 42.5 Å². The van der Waals surface area contributed by atoms with Gasteiger partial charge in [-0.25, -0.2) is 13.4 Å². The predicted octanol–water partition coefficient (Wildman–Crippen LogP) is 2.56.